The molecule has 0 bridgehead atoms. The van der Waals surface area contributed by atoms with Crippen LogP contribution in [0.1, 0.15) is 258 Å². The van der Waals surface area contributed by atoms with E-state index in [4.69, 9.17) is 18.5 Å². The molecule has 1 aliphatic rings. The quantitative estimate of drug-likeness (QED) is 0.0192. The summed E-state index contributed by atoms with van der Waals surface area (Å²) in [7, 11) is -5.01. The monoisotopic (exact) mass is 937 g/mol. The summed E-state index contributed by atoms with van der Waals surface area (Å²) < 4.78 is 34.3. The Hall–Kier alpha value is -0.660. The summed E-state index contributed by atoms with van der Waals surface area (Å²) in [6, 6.07) is 0. The van der Waals surface area contributed by atoms with E-state index in [1.807, 2.05) is 0 Å². The lowest BCUT2D eigenvalue weighted by atomic mass is 9.85. The molecule has 6 atom stereocenters. The maximum absolute atomic E-state index is 12.9. The molecule has 6 unspecified atom stereocenters. The highest BCUT2D eigenvalue weighted by Gasteiger charge is 2.51. The largest absolute Gasteiger partial charge is 0.472 e. The Labute approximate surface area is 391 Å². The number of hydrogen-bond donors (Lipinski definition) is 6. The molecule has 1 fully saturated rings. The van der Waals surface area contributed by atoms with Crippen molar-refractivity contribution < 1.29 is 58.3 Å². The van der Waals surface area contributed by atoms with Crippen LogP contribution in [0.3, 0.4) is 0 Å². The van der Waals surface area contributed by atoms with Crippen LogP contribution in [0.25, 0.3) is 0 Å². The van der Waals surface area contributed by atoms with Gasteiger partial charge in [-0.3, -0.25) is 13.8 Å². The van der Waals surface area contributed by atoms with Crippen LogP contribution in [0.5, 0.6) is 0 Å². The summed E-state index contributed by atoms with van der Waals surface area (Å²) >= 11 is 0. The van der Waals surface area contributed by atoms with Gasteiger partial charge in [0.1, 0.15) is 42.7 Å². The number of carbonyl (C=O) groups is 1. The Balaban J connectivity index is 2.28. The van der Waals surface area contributed by atoms with E-state index in [1.165, 1.54) is 193 Å². The molecule has 0 spiro atoms. The van der Waals surface area contributed by atoms with Crippen LogP contribution in [0.15, 0.2) is 0 Å². The van der Waals surface area contributed by atoms with E-state index in [1.54, 1.807) is 0 Å². The maximum Gasteiger partial charge on any atom is 0.472 e. The molecule has 0 radical (unpaired) electrons. The van der Waals surface area contributed by atoms with Crippen molar-refractivity contribution in [2.75, 3.05) is 19.8 Å². The minimum atomic E-state index is -5.01. The van der Waals surface area contributed by atoms with Gasteiger partial charge in [0.05, 0.1) is 13.2 Å². The zero-order valence-electron chi connectivity index (χ0n) is 41.1. The molecule has 0 aromatic heterocycles. The molecule has 1 saturated carbocycles. The maximum atomic E-state index is 12.9. The second-order valence-electron chi connectivity index (χ2n) is 19.1. The van der Waals surface area contributed by atoms with Crippen molar-refractivity contribution in [2.45, 2.75) is 301 Å². The standard InChI is InChI=1S/C51H101O12P/c1-3-5-7-9-11-13-15-17-19-20-21-22-23-24-25-26-28-30-32-34-36-38-40-45(52)62-44(43-61-64(58,59)63-51-49(56)47(54)46(53)48(55)50(51)57)42-60-41-39-37-35-33-31-29-27-18-16-14-12-10-8-6-4-2/h44,46-51,53-57H,3-43H2,1-2H3,(H,58,59). The van der Waals surface area contributed by atoms with Crippen molar-refractivity contribution in [1.82, 2.24) is 0 Å². The summed E-state index contributed by atoms with van der Waals surface area (Å²) in [4.78, 5) is 23.3. The van der Waals surface area contributed by atoms with E-state index >= 15 is 0 Å². The molecule has 0 aromatic carbocycles. The normalized spacial score (nSPS) is 21.6. The molecule has 1 aliphatic carbocycles. The zero-order valence-corrected chi connectivity index (χ0v) is 42.0. The second kappa shape index (κ2) is 42.4. The summed E-state index contributed by atoms with van der Waals surface area (Å²) in [6.45, 7) is 4.32. The summed E-state index contributed by atoms with van der Waals surface area (Å²) in [5.41, 5.74) is 0. The third kappa shape index (κ3) is 33.8. The number of rotatable bonds is 47. The molecule has 0 aromatic rings. The second-order valence-corrected chi connectivity index (χ2v) is 20.5. The van der Waals surface area contributed by atoms with Gasteiger partial charge in [-0.2, -0.15) is 0 Å². The highest BCUT2D eigenvalue weighted by molar-refractivity contribution is 7.47. The van der Waals surface area contributed by atoms with Gasteiger partial charge in [-0.25, -0.2) is 4.57 Å². The lowest BCUT2D eigenvalue weighted by molar-refractivity contribution is -0.220. The van der Waals surface area contributed by atoms with Crippen LogP contribution >= 0.6 is 7.82 Å². The van der Waals surface area contributed by atoms with Crippen LogP contribution < -0.4 is 0 Å². The van der Waals surface area contributed by atoms with Crippen molar-refractivity contribution in [3.05, 3.63) is 0 Å². The first kappa shape index (κ1) is 61.4. The first-order chi connectivity index (χ1) is 31.0. The van der Waals surface area contributed by atoms with Gasteiger partial charge >= 0.3 is 13.8 Å². The minimum absolute atomic E-state index is 0.0675. The zero-order chi connectivity index (χ0) is 46.9. The summed E-state index contributed by atoms with van der Waals surface area (Å²) in [5, 5.41) is 50.3. The topological polar surface area (TPSA) is 192 Å². The molecule has 64 heavy (non-hydrogen) atoms. The Kier molecular flexibility index (Phi) is 40.7. The van der Waals surface area contributed by atoms with Gasteiger partial charge in [-0.15, -0.1) is 0 Å². The number of ether oxygens (including phenoxy) is 2. The predicted molar refractivity (Wildman–Crippen MR) is 258 cm³/mol. The molecule has 0 aliphatic heterocycles. The molecule has 13 heteroatoms. The average molecular weight is 937 g/mol. The Morgan fingerprint density at radius 1 is 0.438 bits per heavy atom. The van der Waals surface area contributed by atoms with E-state index in [0.29, 0.717) is 13.0 Å². The number of unbranched alkanes of at least 4 members (excludes halogenated alkanes) is 35. The van der Waals surface area contributed by atoms with Gasteiger partial charge in [0.25, 0.3) is 0 Å². The van der Waals surface area contributed by atoms with Gasteiger partial charge < -0.3 is 39.9 Å². The summed E-state index contributed by atoms with van der Waals surface area (Å²) in [6.07, 6.45) is 34.6. The lowest BCUT2D eigenvalue weighted by Crippen LogP contribution is -2.64. The number of aliphatic hydroxyl groups excluding tert-OH is 5. The molecule has 12 nitrogen and oxygen atoms in total. The summed E-state index contributed by atoms with van der Waals surface area (Å²) in [5.74, 6) is -0.468. The molecular weight excluding hydrogens is 836 g/mol. The number of hydrogen-bond acceptors (Lipinski definition) is 11. The van der Waals surface area contributed by atoms with Crippen molar-refractivity contribution in [3.8, 4) is 0 Å². The molecule has 0 amide bonds. The van der Waals surface area contributed by atoms with Crippen molar-refractivity contribution in [2.24, 2.45) is 0 Å². The van der Waals surface area contributed by atoms with Crippen molar-refractivity contribution in [3.63, 3.8) is 0 Å². The Morgan fingerprint density at radius 2 is 0.734 bits per heavy atom. The van der Waals surface area contributed by atoms with Crippen LogP contribution in [0.4, 0.5) is 0 Å². The van der Waals surface area contributed by atoms with E-state index in [0.717, 1.165) is 38.5 Å². The predicted octanol–water partition coefficient (Wildman–Crippen LogP) is 12.1. The Morgan fingerprint density at radius 3 is 1.08 bits per heavy atom. The van der Waals surface area contributed by atoms with Crippen LogP contribution in [-0.2, 0) is 27.9 Å². The van der Waals surface area contributed by atoms with Gasteiger partial charge in [-0.05, 0) is 12.8 Å². The number of phosphoric acid groups is 1. The number of aliphatic hydroxyl groups is 5. The number of esters is 1. The van der Waals surface area contributed by atoms with Gasteiger partial charge in [-0.1, -0.05) is 239 Å². The first-order valence-corrected chi connectivity index (χ1v) is 28.4. The van der Waals surface area contributed by atoms with E-state index < -0.39 is 63.1 Å². The van der Waals surface area contributed by atoms with Gasteiger partial charge in [0.15, 0.2) is 0 Å². The number of carbonyl (C=O) groups excluding carboxylic acids is 1. The smallest absolute Gasteiger partial charge is 0.457 e. The molecule has 6 N–H and O–H groups in total. The van der Waals surface area contributed by atoms with Crippen LogP contribution in [0.2, 0.25) is 0 Å². The number of phosphoric ester groups is 1. The third-order valence-corrected chi connectivity index (χ3v) is 14.0. The molecule has 1 rings (SSSR count). The van der Waals surface area contributed by atoms with Crippen LogP contribution in [-0.4, -0.2) is 98.9 Å². The van der Waals surface area contributed by atoms with Gasteiger partial charge in [0.2, 0.25) is 0 Å². The minimum Gasteiger partial charge on any atom is -0.457 e. The first-order valence-electron chi connectivity index (χ1n) is 26.9. The van der Waals surface area contributed by atoms with Gasteiger partial charge in [0, 0.05) is 13.0 Å². The van der Waals surface area contributed by atoms with E-state index in [-0.39, 0.29) is 13.0 Å². The highest BCUT2D eigenvalue weighted by Crippen LogP contribution is 2.47. The molecule has 0 saturated heterocycles. The fourth-order valence-electron chi connectivity index (χ4n) is 8.71. The SMILES string of the molecule is CCCCCCCCCCCCCCCCCCCCCCCCC(=O)OC(COCCCCCCCCCCCCCCCCC)COP(=O)(O)OC1C(O)C(O)C(O)C(O)C1O. The molecular formula is C51H101O12P. The van der Waals surface area contributed by atoms with E-state index in [2.05, 4.69) is 13.8 Å². The van der Waals surface area contributed by atoms with E-state index in [9.17, 15) is 39.8 Å². The Bertz CT molecular complexity index is 1070. The fraction of sp³-hybridized carbons (Fsp3) is 0.980. The van der Waals surface area contributed by atoms with Crippen LogP contribution in [0, 0.1) is 0 Å². The average Bonchev–Trinajstić information content (AvgIpc) is 3.28. The third-order valence-electron chi connectivity index (χ3n) is 13.0. The lowest BCUT2D eigenvalue weighted by Gasteiger charge is -2.41. The molecule has 382 valence electrons. The highest BCUT2D eigenvalue weighted by atomic mass is 31.2. The van der Waals surface area contributed by atoms with Crippen molar-refractivity contribution >= 4 is 13.8 Å². The fourth-order valence-corrected chi connectivity index (χ4v) is 9.68. The van der Waals surface area contributed by atoms with Crippen molar-refractivity contribution in [1.29, 1.82) is 0 Å². The molecule has 0 heterocycles.